The molecule has 0 bridgehead atoms. The average Bonchev–Trinajstić information content (AvgIpc) is 3.17. The molecule has 3 rings (SSSR count). The second-order valence-corrected chi connectivity index (χ2v) is 13.5. The van der Waals surface area contributed by atoms with Gasteiger partial charge in [-0.1, -0.05) is 48.6 Å². The minimum absolute atomic E-state index is 0.250. The Hall–Kier alpha value is -2.25. The Morgan fingerprint density at radius 3 is 2.48 bits per heavy atom. The van der Waals surface area contributed by atoms with Crippen LogP contribution in [-0.4, -0.2) is 39.3 Å². The first-order valence-electron chi connectivity index (χ1n) is 9.60. The van der Waals surface area contributed by atoms with Crippen molar-refractivity contribution in [3.8, 4) is 11.1 Å². The molecule has 2 aromatic rings. The molecular weight excluding hydrogens is 409 g/mol. The first kappa shape index (κ1) is 21.5. The summed E-state index contributed by atoms with van der Waals surface area (Å²) in [6, 6.07) is 7.72. The number of halogens is 2. The molecular formula is C21H25ClFN3O2Si. The molecule has 29 heavy (non-hydrogen) atoms. The zero-order chi connectivity index (χ0) is 21.2. The highest BCUT2D eigenvalue weighted by atomic mass is 35.5. The summed E-state index contributed by atoms with van der Waals surface area (Å²) in [5, 5.41) is 12.2. The Morgan fingerprint density at radius 1 is 1.21 bits per heavy atom. The number of rotatable bonds is 5. The zero-order valence-electron chi connectivity index (χ0n) is 17.1. The van der Waals surface area contributed by atoms with Gasteiger partial charge in [-0.2, -0.15) is 0 Å². The smallest absolute Gasteiger partial charge is 0.338 e. The third kappa shape index (κ3) is 4.67. The highest BCUT2D eigenvalue weighted by Crippen LogP contribution is 2.38. The fourth-order valence-corrected chi connectivity index (χ4v) is 6.28. The predicted molar refractivity (Wildman–Crippen MR) is 116 cm³/mol. The third-order valence-corrected chi connectivity index (χ3v) is 7.34. The van der Waals surface area contributed by atoms with Crippen molar-refractivity contribution in [3.05, 3.63) is 46.7 Å². The van der Waals surface area contributed by atoms with E-state index in [1.807, 2.05) is 5.01 Å². The molecule has 2 aromatic carbocycles. The van der Waals surface area contributed by atoms with Gasteiger partial charge >= 0.3 is 5.97 Å². The van der Waals surface area contributed by atoms with Crippen LogP contribution in [0.2, 0.25) is 24.7 Å². The van der Waals surface area contributed by atoms with Crippen molar-refractivity contribution in [1.29, 1.82) is 0 Å². The molecule has 0 N–H and O–H groups in total. The number of nitrogens with zero attached hydrogens (tertiary/aromatic N) is 3. The Balaban J connectivity index is 2.35. The molecule has 1 aliphatic rings. The van der Waals surface area contributed by atoms with Crippen molar-refractivity contribution in [1.82, 2.24) is 5.01 Å². The van der Waals surface area contributed by atoms with E-state index in [0.29, 0.717) is 21.8 Å². The van der Waals surface area contributed by atoms with E-state index >= 15 is 0 Å². The first-order chi connectivity index (χ1) is 13.7. The lowest BCUT2D eigenvalue weighted by molar-refractivity contribution is 0.0601. The molecule has 0 saturated carbocycles. The summed E-state index contributed by atoms with van der Waals surface area (Å²) in [5.41, 5.74) is 1.81. The maximum Gasteiger partial charge on any atom is 0.338 e. The number of methoxy groups -OCH3 is 1. The van der Waals surface area contributed by atoms with Gasteiger partial charge in [0.15, 0.2) is 0 Å². The number of hydrogen-bond donors (Lipinski definition) is 0. The SMILES string of the molecule is COC(=O)c1cc(Cl)c([Si](C)(C)C)c(N=NN2CCCC2)c1-c1cccc(F)c1. The van der Waals surface area contributed by atoms with Gasteiger partial charge in [-0.05, 0) is 41.8 Å². The molecule has 0 spiro atoms. The lowest BCUT2D eigenvalue weighted by Gasteiger charge is -2.24. The molecule has 154 valence electrons. The largest absolute Gasteiger partial charge is 0.465 e. The molecule has 0 aromatic heterocycles. The van der Waals surface area contributed by atoms with Crippen LogP contribution in [0, 0.1) is 5.82 Å². The van der Waals surface area contributed by atoms with Gasteiger partial charge in [0.1, 0.15) is 5.82 Å². The summed E-state index contributed by atoms with van der Waals surface area (Å²) in [6.45, 7) is 8.12. The summed E-state index contributed by atoms with van der Waals surface area (Å²) >= 11 is 6.64. The van der Waals surface area contributed by atoms with Crippen LogP contribution in [0.15, 0.2) is 40.7 Å². The molecule has 0 atom stereocenters. The van der Waals surface area contributed by atoms with Gasteiger partial charge in [-0.3, -0.25) is 5.01 Å². The standard InChI is InChI=1S/C21H25ClFN3O2Si/c1-28-21(27)16-13-17(22)20(29(2,3)4)19(24-25-26-10-5-6-11-26)18(16)14-8-7-9-15(23)12-14/h7-9,12-13H,5-6,10-11H2,1-4H3. The van der Waals surface area contributed by atoms with Gasteiger partial charge in [0.25, 0.3) is 0 Å². The molecule has 1 heterocycles. The number of carbonyl (C=O) groups is 1. The van der Waals surface area contributed by atoms with Crippen LogP contribution in [0.5, 0.6) is 0 Å². The van der Waals surface area contributed by atoms with Gasteiger partial charge < -0.3 is 4.74 Å². The van der Waals surface area contributed by atoms with E-state index < -0.39 is 19.9 Å². The molecule has 1 saturated heterocycles. The summed E-state index contributed by atoms with van der Waals surface area (Å²) in [6.07, 6.45) is 2.14. The normalized spacial score (nSPS) is 14.6. The van der Waals surface area contributed by atoms with Crippen LogP contribution < -0.4 is 5.19 Å². The highest BCUT2D eigenvalue weighted by Gasteiger charge is 2.30. The van der Waals surface area contributed by atoms with Crippen molar-refractivity contribution in [2.45, 2.75) is 32.5 Å². The summed E-state index contributed by atoms with van der Waals surface area (Å²) in [4.78, 5) is 12.6. The van der Waals surface area contributed by atoms with Crippen LogP contribution in [-0.2, 0) is 4.74 Å². The summed E-state index contributed by atoms with van der Waals surface area (Å²) in [7, 11) is -0.686. The Bertz CT molecular complexity index is 954. The lowest BCUT2D eigenvalue weighted by atomic mass is 9.97. The number of ether oxygens (including phenoxy) is 1. The molecule has 8 heteroatoms. The van der Waals surface area contributed by atoms with Crippen LogP contribution >= 0.6 is 11.6 Å². The van der Waals surface area contributed by atoms with Crippen molar-refractivity contribution in [2.75, 3.05) is 20.2 Å². The quantitative estimate of drug-likeness (QED) is 0.351. The maximum atomic E-state index is 14.0. The molecule has 0 amide bonds. The topological polar surface area (TPSA) is 54.3 Å². The number of esters is 1. The number of hydrogen-bond acceptors (Lipinski definition) is 4. The number of benzene rings is 2. The van der Waals surface area contributed by atoms with E-state index in [9.17, 15) is 9.18 Å². The van der Waals surface area contributed by atoms with Crippen LogP contribution in [0.4, 0.5) is 10.1 Å². The van der Waals surface area contributed by atoms with E-state index in [4.69, 9.17) is 16.3 Å². The Morgan fingerprint density at radius 2 is 1.90 bits per heavy atom. The Labute approximate surface area is 176 Å². The summed E-state index contributed by atoms with van der Waals surface area (Å²) < 4.78 is 19.0. The van der Waals surface area contributed by atoms with Gasteiger partial charge in [0.05, 0.1) is 26.4 Å². The average molecular weight is 434 g/mol. The van der Waals surface area contributed by atoms with Gasteiger partial charge in [0, 0.05) is 23.7 Å². The first-order valence-corrected chi connectivity index (χ1v) is 13.5. The van der Waals surface area contributed by atoms with Gasteiger partial charge in [0.2, 0.25) is 0 Å². The minimum atomic E-state index is -2.00. The molecule has 0 unspecified atom stereocenters. The fraction of sp³-hybridized carbons (Fsp3) is 0.381. The highest BCUT2D eigenvalue weighted by molar-refractivity contribution is 6.91. The second-order valence-electron chi connectivity index (χ2n) is 8.11. The molecule has 0 radical (unpaired) electrons. The Kier molecular flexibility index (Phi) is 6.38. The lowest BCUT2D eigenvalue weighted by Crippen LogP contribution is -2.39. The van der Waals surface area contributed by atoms with E-state index in [-0.39, 0.29) is 5.56 Å². The third-order valence-electron chi connectivity index (χ3n) is 4.88. The molecule has 5 nitrogen and oxygen atoms in total. The van der Waals surface area contributed by atoms with Crippen molar-refractivity contribution in [3.63, 3.8) is 0 Å². The van der Waals surface area contributed by atoms with Gasteiger partial charge in [-0.15, -0.1) is 5.11 Å². The van der Waals surface area contributed by atoms with Gasteiger partial charge in [-0.25, -0.2) is 9.18 Å². The summed E-state index contributed by atoms with van der Waals surface area (Å²) in [5.74, 6) is -0.948. The zero-order valence-corrected chi connectivity index (χ0v) is 18.9. The van der Waals surface area contributed by atoms with Crippen molar-refractivity contribution >= 4 is 36.5 Å². The maximum absolute atomic E-state index is 14.0. The fourth-order valence-electron chi connectivity index (χ4n) is 3.56. The van der Waals surface area contributed by atoms with Crippen molar-refractivity contribution in [2.24, 2.45) is 10.3 Å². The van der Waals surface area contributed by atoms with E-state index in [0.717, 1.165) is 31.1 Å². The molecule has 0 aliphatic carbocycles. The van der Waals surface area contributed by atoms with E-state index in [1.54, 1.807) is 18.2 Å². The second kappa shape index (κ2) is 8.63. The van der Waals surface area contributed by atoms with Crippen LogP contribution in [0.1, 0.15) is 23.2 Å². The van der Waals surface area contributed by atoms with Crippen molar-refractivity contribution < 1.29 is 13.9 Å². The van der Waals surface area contributed by atoms with Crippen LogP contribution in [0.25, 0.3) is 11.1 Å². The van der Waals surface area contributed by atoms with Crippen LogP contribution in [0.3, 0.4) is 0 Å². The molecule has 1 fully saturated rings. The predicted octanol–water partition coefficient (Wildman–Crippen LogP) is 5.57. The van der Waals surface area contributed by atoms with E-state index in [2.05, 4.69) is 30.0 Å². The molecule has 1 aliphatic heterocycles. The van der Waals surface area contributed by atoms with E-state index in [1.165, 1.54) is 19.2 Å². The number of carbonyl (C=O) groups excluding carboxylic acids is 1. The monoisotopic (exact) mass is 433 g/mol. The minimum Gasteiger partial charge on any atom is -0.465 e.